The topological polar surface area (TPSA) is 327 Å². The van der Waals surface area contributed by atoms with Crippen LogP contribution in [0.2, 0.25) is 0 Å². The number of methoxy groups -OCH3 is 1. The van der Waals surface area contributed by atoms with E-state index < -0.39 is 84.3 Å². The van der Waals surface area contributed by atoms with Crippen LogP contribution in [0.15, 0.2) is 76.7 Å². The summed E-state index contributed by atoms with van der Waals surface area (Å²) in [6, 6.07) is 2.38. The molecule has 9 atom stereocenters. The first-order chi connectivity index (χ1) is 32.0. The van der Waals surface area contributed by atoms with Crippen LogP contribution in [0.3, 0.4) is 0 Å². The van der Waals surface area contributed by atoms with Gasteiger partial charge in [-0.25, -0.2) is 0 Å². The first-order valence-electron chi connectivity index (χ1n) is 22.1. The highest BCUT2D eigenvalue weighted by Gasteiger charge is 2.57. The maximum atomic E-state index is 15.1. The molecule has 9 unspecified atom stereocenters. The fourth-order valence-corrected chi connectivity index (χ4v) is 10.1. The van der Waals surface area contributed by atoms with Gasteiger partial charge in [-0.15, -0.1) is 0 Å². The number of fused-ring (bicyclic) bond motifs is 3. The number of aliphatic hydroxyl groups is 4. The molecule has 2 amide bonds. The van der Waals surface area contributed by atoms with Crippen LogP contribution in [0, 0.1) is 5.92 Å². The largest absolute Gasteiger partial charge is 0.507 e. The Morgan fingerprint density at radius 1 is 1.07 bits per heavy atom. The number of ether oxygens (including phenoxy) is 3. The Morgan fingerprint density at radius 3 is 2.46 bits per heavy atom. The van der Waals surface area contributed by atoms with Crippen LogP contribution < -0.4 is 42.6 Å². The normalized spacial score (nSPS) is 28.4. The number of rotatable bonds is 13. The summed E-state index contributed by atoms with van der Waals surface area (Å²) in [5.74, 6) is -3.93. The van der Waals surface area contributed by atoms with Crippen LogP contribution in [-0.4, -0.2) is 130 Å². The molecule has 20 nitrogen and oxygen atoms in total. The van der Waals surface area contributed by atoms with E-state index in [0.29, 0.717) is 41.5 Å². The van der Waals surface area contributed by atoms with Crippen molar-refractivity contribution in [3.05, 3.63) is 111 Å². The lowest BCUT2D eigenvalue weighted by atomic mass is 9.71. The molecule has 4 aliphatic heterocycles. The molecule has 4 heterocycles. The third-order valence-corrected chi connectivity index (χ3v) is 13.5. The van der Waals surface area contributed by atoms with Crippen LogP contribution in [0.5, 0.6) is 17.2 Å². The second-order valence-electron chi connectivity index (χ2n) is 17.4. The van der Waals surface area contributed by atoms with E-state index in [-0.39, 0.29) is 77.1 Å². The molecule has 1 fully saturated rings. The van der Waals surface area contributed by atoms with Gasteiger partial charge in [-0.05, 0) is 73.0 Å². The molecule has 1 saturated heterocycles. The van der Waals surface area contributed by atoms with Crippen LogP contribution in [-0.2, 0) is 20.7 Å². The van der Waals surface area contributed by atoms with E-state index in [1.807, 2.05) is 18.4 Å². The number of hydrogen-bond acceptors (Lipinski definition) is 17. The van der Waals surface area contributed by atoms with Gasteiger partial charge in [0, 0.05) is 72.7 Å². The number of dihydropyridines is 2. The number of ketones is 2. The van der Waals surface area contributed by atoms with Crippen LogP contribution in [0.4, 0.5) is 0 Å². The maximum Gasteiger partial charge on any atom is 0.253 e. The summed E-state index contributed by atoms with van der Waals surface area (Å²) >= 11 is 0. The van der Waals surface area contributed by atoms with Crippen molar-refractivity contribution in [2.24, 2.45) is 28.1 Å². The quantitative estimate of drug-likeness (QED) is 0.0597. The lowest BCUT2D eigenvalue weighted by Gasteiger charge is -2.49. The van der Waals surface area contributed by atoms with E-state index in [0.717, 1.165) is 22.6 Å². The number of nitrogens with two attached hydrogens (primary N) is 3. The van der Waals surface area contributed by atoms with E-state index in [2.05, 4.69) is 20.9 Å². The van der Waals surface area contributed by atoms with Gasteiger partial charge in [0.05, 0.1) is 42.9 Å². The van der Waals surface area contributed by atoms with Gasteiger partial charge < -0.3 is 72.9 Å². The van der Waals surface area contributed by atoms with Crippen molar-refractivity contribution in [2.75, 3.05) is 33.9 Å². The summed E-state index contributed by atoms with van der Waals surface area (Å²) in [4.78, 5) is 60.4. The zero-order valence-corrected chi connectivity index (χ0v) is 37.2. The number of imide groups is 1. The molecule has 67 heavy (non-hydrogen) atoms. The predicted molar refractivity (Wildman–Crippen MR) is 241 cm³/mol. The SMILES string of the molecule is CCc1c(OC)cc(OC2OC(CO)C(O)(CC(CN3C(=O)C=CC3=O)C3=CCNC(N)=C3)C(O)C2O)c2c1C(=O)c1cc3c(c(O)c1C2=O)C(NC(N)=NC)CCC3CC1=CNC(N)C=C1. The number of amides is 2. The molecule has 0 spiro atoms. The fourth-order valence-electron chi connectivity index (χ4n) is 10.1. The van der Waals surface area contributed by atoms with Crippen LogP contribution in [0.1, 0.15) is 93.1 Å². The number of carbonyl (C=O) groups excluding carboxylic acids is 4. The molecule has 2 aromatic carbocycles. The Balaban J connectivity index is 1.16. The first-order valence-corrected chi connectivity index (χ1v) is 22.1. The summed E-state index contributed by atoms with van der Waals surface area (Å²) in [5, 5.41) is 68.0. The number of allylic oxidation sites excluding steroid dienone is 3. The Hall–Kier alpha value is -6.55. The number of benzene rings is 2. The Bertz CT molecular complexity index is 2560. The maximum absolute atomic E-state index is 15.1. The van der Waals surface area contributed by atoms with Gasteiger partial charge >= 0.3 is 0 Å². The van der Waals surface area contributed by atoms with Crippen molar-refractivity contribution in [2.45, 2.75) is 87.4 Å². The molecule has 14 N–H and O–H groups in total. The molecule has 0 radical (unpaired) electrons. The van der Waals surface area contributed by atoms with E-state index in [1.54, 1.807) is 25.1 Å². The molecule has 2 aliphatic carbocycles. The number of nitrogens with one attached hydrogen (secondary N) is 3. The van der Waals surface area contributed by atoms with Crippen LogP contribution >= 0.6 is 0 Å². The lowest BCUT2D eigenvalue weighted by molar-refractivity contribution is -0.316. The third-order valence-electron chi connectivity index (χ3n) is 13.5. The molecule has 0 bridgehead atoms. The summed E-state index contributed by atoms with van der Waals surface area (Å²) in [6.07, 6.45) is 4.38. The summed E-state index contributed by atoms with van der Waals surface area (Å²) in [5.41, 5.74) is 17.9. The minimum atomic E-state index is -2.44. The monoisotopic (exact) mass is 924 g/mol. The van der Waals surface area contributed by atoms with Crippen molar-refractivity contribution in [1.82, 2.24) is 20.9 Å². The zero-order valence-electron chi connectivity index (χ0n) is 37.2. The highest BCUT2D eigenvalue weighted by molar-refractivity contribution is 6.31. The minimum Gasteiger partial charge on any atom is -0.507 e. The number of aliphatic hydroxyl groups excluding tert-OH is 3. The summed E-state index contributed by atoms with van der Waals surface area (Å²) < 4.78 is 18.0. The second kappa shape index (κ2) is 18.6. The lowest BCUT2D eigenvalue weighted by Crippen LogP contribution is -2.68. The molecule has 0 saturated carbocycles. The fraction of sp³-hybridized carbons (Fsp3) is 0.426. The first kappa shape index (κ1) is 47.0. The minimum absolute atomic E-state index is 0.0448. The number of aromatic hydroxyl groups is 1. The number of phenols is 1. The van der Waals surface area contributed by atoms with E-state index in [4.69, 9.17) is 31.4 Å². The van der Waals surface area contributed by atoms with Gasteiger partial charge in [-0.2, -0.15) is 0 Å². The van der Waals surface area contributed by atoms with Gasteiger partial charge in [-0.1, -0.05) is 19.1 Å². The second-order valence-corrected chi connectivity index (χ2v) is 17.4. The Labute approximate surface area is 385 Å². The van der Waals surface area contributed by atoms with Gasteiger partial charge in [0.15, 0.2) is 11.7 Å². The Morgan fingerprint density at radius 2 is 1.82 bits per heavy atom. The number of carbonyl (C=O) groups is 4. The van der Waals surface area contributed by atoms with E-state index in [9.17, 15) is 35.1 Å². The van der Waals surface area contributed by atoms with Gasteiger partial charge in [0.1, 0.15) is 41.2 Å². The predicted octanol–water partition coefficient (Wildman–Crippen LogP) is -0.281. The van der Waals surface area contributed by atoms with Gasteiger partial charge in [0.2, 0.25) is 12.1 Å². The molecular weight excluding hydrogens is 869 g/mol. The number of aliphatic imine (C=N–C) groups is 1. The smallest absolute Gasteiger partial charge is 0.253 e. The van der Waals surface area contributed by atoms with Crippen LogP contribution in [0.25, 0.3) is 0 Å². The molecular formula is C47H56N8O12. The average Bonchev–Trinajstić information content (AvgIpc) is 3.63. The van der Waals surface area contributed by atoms with E-state index in [1.165, 1.54) is 20.2 Å². The van der Waals surface area contributed by atoms with Crippen molar-refractivity contribution in [1.29, 1.82) is 0 Å². The summed E-state index contributed by atoms with van der Waals surface area (Å²) in [7, 11) is 2.87. The highest BCUT2D eigenvalue weighted by atomic mass is 16.7. The number of nitrogens with zero attached hydrogens (tertiary/aromatic N) is 2. The van der Waals surface area contributed by atoms with Crippen molar-refractivity contribution in [3.8, 4) is 17.2 Å². The van der Waals surface area contributed by atoms with Crippen molar-refractivity contribution in [3.63, 3.8) is 0 Å². The van der Waals surface area contributed by atoms with E-state index >= 15 is 9.59 Å². The highest BCUT2D eigenvalue weighted by Crippen LogP contribution is 2.51. The van der Waals surface area contributed by atoms with Crippen molar-refractivity contribution < 1.29 is 58.9 Å². The number of guanidine groups is 1. The zero-order chi connectivity index (χ0) is 48.1. The molecule has 356 valence electrons. The molecule has 0 aromatic heterocycles. The van der Waals surface area contributed by atoms with Gasteiger partial charge in [-0.3, -0.25) is 29.1 Å². The summed E-state index contributed by atoms with van der Waals surface area (Å²) in [6.45, 7) is 0.865. The Kier molecular flexibility index (Phi) is 13.0. The number of phenolic OH excluding ortho intramolecular Hbond substituents is 1. The van der Waals surface area contributed by atoms with Gasteiger partial charge in [0.25, 0.3) is 11.8 Å². The standard InChI is InChI=1S/C47H56N8O12/c1-4-25-29(65-3)16-30(66-45-43(62)44(63)47(64,31(20-56)67-45)17-24(22-11-12-52-33(49)14-22)19-55-34(57)9-10-35(55)58)39-37(25)40(59)27-15-26-23(13-21-5-8-32(48)53-18-21)6-7-28(54-46(50)51-2)36(26)41(60)38(27)42(39)61/h5,8-11,14-16,18,23-24,28,31-32,43-45,52-53,56,60,62-64H,4,6-7,12-13,17,19-20,48-49H2,1-3H3,(H3,50,51,54). The molecule has 20 heteroatoms. The third kappa shape index (κ3) is 8.44. The van der Waals surface area contributed by atoms with Crippen molar-refractivity contribution >= 4 is 29.3 Å². The molecule has 2 aromatic rings. The number of hydrogen-bond donors (Lipinski definition) is 11. The molecule has 6 aliphatic rings. The average molecular weight is 925 g/mol. The molecule has 8 rings (SSSR count).